The van der Waals surface area contributed by atoms with E-state index < -0.39 is 0 Å². The highest BCUT2D eigenvalue weighted by Gasteiger charge is 2.18. The van der Waals surface area contributed by atoms with Crippen molar-refractivity contribution in [2.75, 3.05) is 13.1 Å². The molecule has 1 amide bonds. The fourth-order valence-corrected chi connectivity index (χ4v) is 2.96. The number of amides is 1. The van der Waals surface area contributed by atoms with Crippen molar-refractivity contribution < 1.29 is 4.79 Å². The van der Waals surface area contributed by atoms with Crippen LogP contribution in [-0.2, 0) is 6.54 Å². The number of hydrogen-bond acceptors (Lipinski definition) is 4. The highest BCUT2D eigenvalue weighted by molar-refractivity contribution is 9.10. The first-order valence-corrected chi connectivity index (χ1v) is 8.17. The highest BCUT2D eigenvalue weighted by Crippen LogP contribution is 2.17. The Morgan fingerprint density at radius 3 is 2.91 bits per heavy atom. The van der Waals surface area contributed by atoms with E-state index in [0.29, 0.717) is 18.3 Å². The third kappa shape index (κ3) is 3.53. The third-order valence-electron chi connectivity index (χ3n) is 3.82. The lowest BCUT2D eigenvalue weighted by Gasteiger charge is -2.22. The molecule has 1 fully saturated rings. The van der Waals surface area contributed by atoms with Gasteiger partial charge in [-0.25, -0.2) is 4.68 Å². The number of carbonyl (C=O) groups excluding carboxylic acids is 1. The number of halogens is 1. The molecule has 1 aromatic heterocycles. The largest absolute Gasteiger partial charge is 0.346 e. The van der Waals surface area contributed by atoms with Gasteiger partial charge in [-0.3, -0.25) is 4.79 Å². The first kappa shape index (κ1) is 15.2. The molecule has 0 atom stereocenters. The number of aromatic nitrogens is 3. The number of carbonyl (C=O) groups is 1. The molecule has 116 valence electrons. The van der Waals surface area contributed by atoms with E-state index in [9.17, 15) is 4.79 Å². The van der Waals surface area contributed by atoms with Crippen molar-refractivity contribution in [2.45, 2.75) is 25.4 Å². The lowest BCUT2D eigenvalue weighted by molar-refractivity contribution is 0.0945. The van der Waals surface area contributed by atoms with E-state index >= 15 is 0 Å². The number of hydrogen-bond donors (Lipinski definition) is 2. The van der Waals surface area contributed by atoms with Crippen molar-refractivity contribution in [2.24, 2.45) is 0 Å². The summed E-state index contributed by atoms with van der Waals surface area (Å²) in [6, 6.07) is 8.14. The maximum atomic E-state index is 12.2. The molecule has 1 aliphatic rings. The fraction of sp³-hybridized carbons (Fsp3) is 0.400. The van der Waals surface area contributed by atoms with Crippen LogP contribution >= 0.6 is 15.9 Å². The molecule has 2 heterocycles. The summed E-state index contributed by atoms with van der Waals surface area (Å²) in [5.74, 6) is -0.198. The molecule has 1 saturated heterocycles. The Labute approximate surface area is 137 Å². The monoisotopic (exact) mass is 363 g/mol. The van der Waals surface area contributed by atoms with Crippen molar-refractivity contribution >= 4 is 21.8 Å². The SMILES string of the molecule is O=C(NCc1ccccc1Br)c1cn(C2CCNCC2)nn1. The summed E-state index contributed by atoms with van der Waals surface area (Å²) in [5.41, 5.74) is 1.40. The molecule has 0 spiro atoms. The summed E-state index contributed by atoms with van der Waals surface area (Å²) in [6.07, 6.45) is 3.77. The molecule has 7 heteroatoms. The van der Waals surface area contributed by atoms with Crippen LogP contribution in [-0.4, -0.2) is 34.0 Å². The van der Waals surface area contributed by atoms with Gasteiger partial charge in [0.2, 0.25) is 0 Å². The first-order valence-electron chi connectivity index (χ1n) is 7.38. The molecule has 0 unspecified atom stereocenters. The Balaban J connectivity index is 1.61. The van der Waals surface area contributed by atoms with Crippen molar-refractivity contribution in [3.8, 4) is 0 Å². The normalized spacial score (nSPS) is 15.7. The van der Waals surface area contributed by atoms with E-state index in [-0.39, 0.29) is 5.91 Å². The predicted octanol–water partition coefficient (Wildman–Crippen LogP) is 1.90. The van der Waals surface area contributed by atoms with Crippen LogP contribution in [0, 0.1) is 0 Å². The average Bonchev–Trinajstić information content (AvgIpc) is 3.05. The van der Waals surface area contributed by atoms with Gasteiger partial charge < -0.3 is 10.6 Å². The zero-order valence-corrected chi connectivity index (χ0v) is 13.7. The van der Waals surface area contributed by atoms with Crippen molar-refractivity contribution in [1.82, 2.24) is 25.6 Å². The van der Waals surface area contributed by atoms with Crippen molar-refractivity contribution in [3.05, 3.63) is 46.2 Å². The lowest BCUT2D eigenvalue weighted by Crippen LogP contribution is -2.29. The van der Waals surface area contributed by atoms with Crippen LogP contribution in [0.25, 0.3) is 0 Å². The summed E-state index contributed by atoms with van der Waals surface area (Å²) in [7, 11) is 0. The quantitative estimate of drug-likeness (QED) is 0.869. The van der Waals surface area contributed by atoms with Gasteiger partial charge in [0.25, 0.3) is 5.91 Å². The van der Waals surface area contributed by atoms with Crippen LogP contribution in [0.5, 0.6) is 0 Å². The molecule has 22 heavy (non-hydrogen) atoms. The molecule has 2 N–H and O–H groups in total. The molecule has 1 aromatic carbocycles. The van der Waals surface area contributed by atoms with E-state index in [4.69, 9.17) is 0 Å². The molecule has 1 aliphatic heterocycles. The summed E-state index contributed by atoms with van der Waals surface area (Å²) in [6.45, 7) is 2.42. The highest BCUT2D eigenvalue weighted by atomic mass is 79.9. The molecule has 0 radical (unpaired) electrons. The number of rotatable bonds is 4. The number of nitrogens with zero attached hydrogens (tertiary/aromatic N) is 3. The minimum atomic E-state index is -0.198. The van der Waals surface area contributed by atoms with Gasteiger partial charge >= 0.3 is 0 Å². The molecule has 3 rings (SSSR count). The smallest absolute Gasteiger partial charge is 0.273 e. The van der Waals surface area contributed by atoms with Crippen LogP contribution in [0.3, 0.4) is 0 Å². The third-order valence-corrected chi connectivity index (χ3v) is 4.60. The molecular formula is C15H18BrN5O. The Morgan fingerprint density at radius 1 is 1.36 bits per heavy atom. The lowest BCUT2D eigenvalue weighted by atomic mass is 10.1. The first-order chi connectivity index (χ1) is 10.7. The Hall–Kier alpha value is -1.73. The van der Waals surface area contributed by atoms with E-state index in [2.05, 4.69) is 36.9 Å². The second-order valence-electron chi connectivity index (χ2n) is 5.34. The molecule has 6 nitrogen and oxygen atoms in total. The summed E-state index contributed by atoms with van der Waals surface area (Å²) < 4.78 is 2.79. The topological polar surface area (TPSA) is 71.8 Å². The Morgan fingerprint density at radius 2 is 2.14 bits per heavy atom. The zero-order valence-electron chi connectivity index (χ0n) is 12.1. The number of nitrogens with one attached hydrogen (secondary N) is 2. The second kappa shape index (κ2) is 7.02. The Bertz CT molecular complexity index is 651. The molecular weight excluding hydrogens is 346 g/mol. The van der Waals surface area contributed by atoms with Gasteiger partial charge in [-0.15, -0.1) is 5.10 Å². The van der Waals surface area contributed by atoms with Gasteiger partial charge in [-0.05, 0) is 37.6 Å². The maximum Gasteiger partial charge on any atom is 0.273 e. The number of benzene rings is 1. The van der Waals surface area contributed by atoms with Crippen molar-refractivity contribution in [3.63, 3.8) is 0 Å². The van der Waals surface area contributed by atoms with Crippen LogP contribution in [0.2, 0.25) is 0 Å². The number of piperidine rings is 1. The second-order valence-corrected chi connectivity index (χ2v) is 6.19. The molecule has 0 aliphatic carbocycles. The van der Waals surface area contributed by atoms with Gasteiger partial charge in [-0.2, -0.15) is 0 Å². The van der Waals surface area contributed by atoms with Gasteiger partial charge in [0.05, 0.1) is 12.2 Å². The van der Waals surface area contributed by atoms with Crippen LogP contribution < -0.4 is 10.6 Å². The van der Waals surface area contributed by atoms with E-state index in [1.54, 1.807) is 6.20 Å². The zero-order chi connectivity index (χ0) is 15.4. The predicted molar refractivity (Wildman–Crippen MR) is 86.5 cm³/mol. The van der Waals surface area contributed by atoms with Gasteiger partial charge in [-0.1, -0.05) is 39.3 Å². The van der Waals surface area contributed by atoms with Crippen LogP contribution in [0.4, 0.5) is 0 Å². The fourth-order valence-electron chi connectivity index (χ4n) is 2.54. The molecule has 0 saturated carbocycles. The maximum absolute atomic E-state index is 12.2. The van der Waals surface area contributed by atoms with Crippen LogP contribution in [0.1, 0.15) is 34.9 Å². The van der Waals surface area contributed by atoms with E-state index in [1.807, 2.05) is 28.9 Å². The molecule has 2 aromatic rings. The van der Waals surface area contributed by atoms with Gasteiger partial charge in [0.1, 0.15) is 0 Å². The summed E-state index contributed by atoms with van der Waals surface area (Å²) in [4.78, 5) is 12.2. The minimum absolute atomic E-state index is 0.198. The molecule has 0 bridgehead atoms. The van der Waals surface area contributed by atoms with Crippen molar-refractivity contribution in [1.29, 1.82) is 0 Å². The van der Waals surface area contributed by atoms with Gasteiger partial charge in [0.15, 0.2) is 5.69 Å². The van der Waals surface area contributed by atoms with E-state index in [0.717, 1.165) is 36.0 Å². The summed E-state index contributed by atoms with van der Waals surface area (Å²) >= 11 is 3.47. The van der Waals surface area contributed by atoms with Gasteiger partial charge in [0, 0.05) is 11.0 Å². The summed E-state index contributed by atoms with van der Waals surface area (Å²) in [5, 5.41) is 14.3. The minimum Gasteiger partial charge on any atom is -0.346 e. The standard InChI is InChI=1S/C15H18BrN5O/c16-13-4-2-1-3-11(13)9-18-15(22)14-10-21(20-19-14)12-5-7-17-8-6-12/h1-4,10,12,17H,5-9H2,(H,18,22). The van der Waals surface area contributed by atoms with E-state index in [1.165, 1.54) is 0 Å². The Kier molecular flexibility index (Phi) is 4.84. The van der Waals surface area contributed by atoms with Crippen LogP contribution in [0.15, 0.2) is 34.9 Å². The average molecular weight is 364 g/mol.